The Kier molecular flexibility index (Phi) is 4.10. The number of nitrogens with one attached hydrogen (secondary N) is 1. The number of rotatable bonds is 4. The molecule has 3 atom stereocenters. The molecule has 0 aliphatic heterocycles. The molecule has 0 radical (unpaired) electrons. The fourth-order valence-corrected chi connectivity index (χ4v) is 3.17. The Bertz CT molecular complexity index is 432. The average Bonchev–Trinajstić information content (AvgIpc) is 2.66. The summed E-state index contributed by atoms with van der Waals surface area (Å²) in [7, 11) is 0. The Labute approximate surface area is 118 Å². The normalized spacial score (nSPS) is 24.8. The first-order chi connectivity index (χ1) is 8.82. The summed E-state index contributed by atoms with van der Waals surface area (Å²) in [5.74, 6) is 2.95. The van der Waals surface area contributed by atoms with E-state index < -0.39 is 0 Å². The number of hydrogen-bond acceptors (Lipinski definition) is 2. The smallest absolute Gasteiger partial charge is 0.109 e. The first-order valence-electron chi connectivity index (χ1n) is 7.67. The van der Waals surface area contributed by atoms with Crippen molar-refractivity contribution in [2.24, 2.45) is 11.3 Å². The quantitative estimate of drug-likeness (QED) is 0.857. The molecule has 1 aliphatic rings. The fourth-order valence-electron chi connectivity index (χ4n) is 3.17. The van der Waals surface area contributed by atoms with E-state index in [1.807, 2.05) is 0 Å². The third kappa shape index (κ3) is 3.22. The number of furan rings is 1. The SMILES string of the molecule is CCC(C)C(C)NC1CC(C)(C)Cc2oc(C)cc21. The lowest BCUT2D eigenvalue weighted by molar-refractivity contribution is 0.214. The van der Waals surface area contributed by atoms with E-state index in [4.69, 9.17) is 4.42 Å². The second-order valence-corrected chi connectivity index (χ2v) is 7.17. The maximum absolute atomic E-state index is 5.90. The van der Waals surface area contributed by atoms with Crippen LogP contribution in [0, 0.1) is 18.3 Å². The molecular formula is C17H29NO. The van der Waals surface area contributed by atoms with E-state index in [9.17, 15) is 0 Å². The van der Waals surface area contributed by atoms with Gasteiger partial charge in [-0.25, -0.2) is 0 Å². The summed E-state index contributed by atoms with van der Waals surface area (Å²) in [6.07, 6.45) is 3.48. The van der Waals surface area contributed by atoms with Crippen molar-refractivity contribution in [2.45, 2.75) is 72.9 Å². The molecule has 0 amide bonds. The first kappa shape index (κ1) is 14.6. The molecule has 1 aliphatic carbocycles. The Morgan fingerprint density at radius 2 is 2.11 bits per heavy atom. The molecule has 2 nitrogen and oxygen atoms in total. The lowest BCUT2D eigenvalue weighted by atomic mass is 9.74. The van der Waals surface area contributed by atoms with Crippen LogP contribution in [0.2, 0.25) is 0 Å². The van der Waals surface area contributed by atoms with Gasteiger partial charge in [0.15, 0.2) is 0 Å². The van der Waals surface area contributed by atoms with Crippen LogP contribution in [-0.4, -0.2) is 6.04 Å². The highest BCUT2D eigenvalue weighted by Crippen LogP contribution is 2.42. The highest BCUT2D eigenvalue weighted by atomic mass is 16.3. The third-order valence-corrected chi connectivity index (χ3v) is 4.70. The molecule has 19 heavy (non-hydrogen) atoms. The third-order valence-electron chi connectivity index (χ3n) is 4.70. The van der Waals surface area contributed by atoms with Crippen LogP contribution in [0.3, 0.4) is 0 Å². The van der Waals surface area contributed by atoms with Gasteiger partial charge in [0.2, 0.25) is 0 Å². The average molecular weight is 263 g/mol. The lowest BCUT2D eigenvalue weighted by Crippen LogP contribution is -2.39. The Hall–Kier alpha value is -0.760. The highest BCUT2D eigenvalue weighted by molar-refractivity contribution is 5.29. The van der Waals surface area contributed by atoms with Gasteiger partial charge in [0.05, 0.1) is 0 Å². The van der Waals surface area contributed by atoms with Gasteiger partial charge in [-0.15, -0.1) is 0 Å². The molecule has 0 saturated heterocycles. The van der Waals surface area contributed by atoms with E-state index in [1.54, 1.807) is 0 Å². The predicted molar refractivity (Wildman–Crippen MR) is 80.3 cm³/mol. The van der Waals surface area contributed by atoms with Crippen LogP contribution in [0.25, 0.3) is 0 Å². The zero-order chi connectivity index (χ0) is 14.2. The summed E-state index contributed by atoms with van der Waals surface area (Å²) in [6, 6.07) is 3.22. The summed E-state index contributed by atoms with van der Waals surface area (Å²) >= 11 is 0. The van der Waals surface area contributed by atoms with Crippen molar-refractivity contribution in [2.75, 3.05) is 0 Å². The maximum Gasteiger partial charge on any atom is 0.109 e. The summed E-state index contributed by atoms with van der Waals surface area (Å²) in [6.45, 7) is 13.6. The minimum absolute atomic E-state index is 0.324. The zero-order valence-corrected chi connectivity index (χ0v) is 13.3. The fraction of sp³-hybridized carbons (Fsp3) is 0.765. The molecule has 2 rings (SSSR count). The summed E-state index contributed by atoms with van der Waals surface area (Å²) in [5, 5.41) is 3.83. The van der Waals surface area contributed by atoms with Gasteiger partial charge in [0, 0.05) is 24.1 Å². The van der Waals surface area contributed by atoms with E-state index in [1.165, 1.54) is 24.2 Å². The van der Waals surface area contributed by atoms with Crippen LogP contribution < -0.4 is 5.32 Å². The van der Waals surface area contributed by atoms with E-state index >= 15 is 0 Å². The molecule has 0 fully saturated rings. The second kappa shape index (κ2) is 5.32. The molecule has 0 spiro atoms. The van der Waals surface area contributed by atoms with Crippen LogP contribution in [0.1, 0.15) is 70.6 Å². The van der Waals surface area contributed by atoms with E-state index in [-0.39, 0.29) is 0 Å². The van der Waals surface area contributed by atoms with Gasteiger partial charge in [0.25, 0.3) is 0 Å². The maximum atomic E-state index is 5.90. The minimum atomic E-state index is 0.324. The Morgan fingerprint density at radius 1 is 1.42 bits per heavy atom. The summed E-state index contributed by atoms with van der Waals surface area (Å²) in [5.41, 5.74) is 1.72. The van der Waals surface area contributed by atoms with E-state index in [2.05, 4.69) is 52.9 Å². The molecule has 2 heteroatoms. The van der Waals surface area contributed by atoms with Crippen LogP contribution in [-0.2, 0) is 6.42 Å². The molecule has 1 aromatic heterocycles. The van der Waals surface area contributed by atoms with Crippen LogP contribution in [0.4, 0.5) is 0 Å². The molecule has 0 aromatic carbocycles. The van der Waals surface area contributed by atoms with Gasteiger partial charge in [-0.1, -0.05) is 34.1 Å². The minimum Gasteiger partial charge on any atom is -0.466 e. The zero-order valence-electron chi connectivity index (χ0n) is 13.3. The molecule has 0 bridgehead atoms. The standard InChI is InChI=1S/C17H29NO/c1-7-11(2)13(4)18-15-9-17(5,6)10-16-14(15)8-12(3)19-16/h8,11,13,15,18H,7,9-10H2,1-6H3. The summed E-state index contributed by atoms with van der Waals surface area (Å²) in [4.78, 5) is 0. The molecule has 0 saturated carbocycles. The molecule has 108 valence electrons. The van der Waals surface area contributed by atoms with Crippen molar-refractivity contribution < 1.29 is 4.42 Å². The predicted octanol–water partition coefficient (Wildman–Crippen LogP) is 4.63. The molecule has 3 unspecified atom stereocenters. The van der Waals surface area contributed by atoms with Gasteiger partial charge in [-0.05, 0) is 37.7 Å². The van der Waals surface area contributed by atoms with Gasteiger partial charge in [-0.2, -0.15) is 0 Å². The molecule has 1 aromatic rings. The topological polar surface area (TPSA) is 25.2 Å². The monoisotopic (exact) mass is 263 g/mol. The van der Waals surface area contributed by atoms with Crippen LogP contribution in [0.5, 0.6) is 0 Å². The largest absolute Gasteiger partial charge is 0.466 e. The van der Waals surface area contributed by atoms with Gasteiger partial charge in [-0.3, -0.25) is 0 Å². The Balaban J connectivity index is 2.20. The number of fused-ring (bicyclic) bond motifs is 1. The van der Waals surface area contributed by atoms with Crippen molar-refractivity contribution in [3.63, 3.8) is 0 Å². The van der Waals surface area contributed by atoms with E-state index in [0.717, 1.165) is 12.2 Å². The van der Waals surface area contributed by atoms with Crippen molar-refractivity contribution in [1.82, 2.24) is 5.32 Å². The lowest BCUT2D eigenvalue weighted by Gasteiger charge is -2.37. The molecular weight excluding hydrogens is 234 g/mol. The molecule has 1 heterocycles. The summed E-state index contributed by atoms with van der Waals surface area (Å²) < 4.78 is 5.90. The number of aryl methyl sites for hydroxylation is 1. The second-order valence-electron chi connectivity index (χ2n) is 7.17. The van der Waals surface area contributed by atoms with Crippen molar-refractivity contribution in [1.29, 1.82) is 0 Å². The molecule has 1 N–H and O–H groups in total. The van der Waals surface area contributed by atoms with Crippen molar-refractivity contribution >= 4 is 0 Å². The van der Waals surface area contributed by atoms with Crippen LogP contribution >= 0.6 is 0 Å². The van der Waals surface area contributed by atoms with Crippen LogP contribution in [0.15, 0.2) is 10.5 Å². The first-order valence-corrected chi connectivity index (χ1v) is 7.67. The van der Waals surface area contributed by atoms with E-state index in [0.29, 0.717) is 23.4 Å². The number of hydrogen-bond donors (Lipinski definition) is 1. The van der Waals surface area contributed by atoms with Crippen molar-refractivity contribution in [3.05, 3.63) is 23.2 Å². The Morgan fingerprint density at radius 3 is 2.74 bits per heavy atom. The highest BCUT2D eigenvalue weighted by Gasteiger charge is 2.35. The van der Waals surface area contributed by atoms with Gasteiger partial charge < -0.3 is 9.73 Å². The van der Waals surface area contributed by atoms with Crippen molar-refractivity contribution in [3.8, 4) is 0 Å². The van der Waals surface area contributed by atoms with Gasteiger partial charge in [0.1, 0.15) is 11.5 Å². The van der Waals surface area contributed by atoms with Gasteiger partial charge >= 0.3 is 0 Å².